The van der Waals surface area contributed by atoms with Crippen molar-refractivity contribution in [3.8, 4) is 11.5 Å². The van der Waals surface area contributed by atoms with Crippen molar-refractivity contribution in [2.45, 2.75) is 13.5 Å². The monoisotopic (exact) mass is 339 g/mol. The summed E-state index contributed by atoms with van der Waals surface area (Å²) in [5.74, 6) is -0.122. The highest BCUT2D eigenvalue weighted by Gasteiger charge is 2.20. The highest BCUT2D eigenvalue weighted by atomic mass is 16.6. The summed E-state index contributed by atoms with van der Waals surface area (Å²) in [4.78, 5) is 30.9. The predicted molar refractivity (Wildman–Crippen MR) is 86.5 cm³/mol. The number of nitrogens with zero attached hydrogens (tertiary/aromatic N) is 4. The van der Waals surface area contributed by atoms with Crippen LogP contribution in [0.1, 0.15) is 21.8 Å². The van der Waals surface area contributed by atoms with Gasteiger partial charge in [-0.25, -0.2) is 0 Å². The molecule has 2 heterocycles. The fourth-order valence-corrected chi connectivity index (χ4v) is 2.17. The SMILES string of the molecule is Cc1ccc([N+](=O)[O-])c(C(=O)NCc2nc(-c3ccccn3)no2)c1. The number of rotatable bonds is 5. The lowest BCUT2D eigenvalue weighted by molar-refractivity contribution is -0.385. The summed E-state index contributed by atoms with van der Waals surface area (Å²) in [5, 5.41) is 17.4. The molecule has 0 fully saturated rings. The molecular weight excluding hydrogens is 326 g/mol. The Hall–Kier alpha value is -3.62. The normalized spacial score (nSPS) is 10.4. The molecule has 3 rings (SSSR count). The van der Waals surface area contributed by atoms with Gasteiger partial charge < -0.3 is 9.84 Å². The molecule has 1 N–H and O–H groups in total. The summed E-state index contributed by atoms with van der Waals surface area (Å²) in [5.41, 5.74) is 1.00. The third kappa shape index (κ3) is 3.66. The molecule has 9 nitrogen and oxygen atoms in total. The number of aromatic nitrogens is 3. The first-order chi connectivity index (χ1) is 12.0. The molecule has 0 radical (unpaired) electrons. The van der Waals surface area contributed by atoms with Crippen molar-refractivity contribution in [1.82, 2.24) is 20.4 Å². The maximum Gasteiger partial charge on any atom is 0.282 e. The van der Waals surface area contributed by atoms with Gasteiger partial charge in [-0.2, -0.15) is 4.98 Å². The smallest absolute Gasteiger partial charge is 0.282 e. The van der Waals surface area contributed by atoms with Crippen molar-refractivity contribution in [3.63, 3.8) is 0 Å². The van der Waals surface area contributed by atoms with Crippen LogP contribution in [0.4, 0.5) is 5.69 Å². The van der Waals surface area contributed by atoms with Crippen LogP contribution in [-0.2, 0) is 6.54 Å². The number of amides is 1. The lowest BCUT2D eigenvalue weighted by Gasteiger charge is -2.04. The molecule has 9 heteroatoms. The van der Waals surface area contributed by atoms with E-state index in [1.54, 1.807) is 37.4 Å². The van der Waals surface area contributed by atoms with Crippen LogP contribution < -0.4 is 5.32 Å². The van der Waals surface area contributed by atoms with E-state index in [0.717, 1.165) is 5.56 Å². The van der Waals surface area contributed by atoms with Crippen LogP contribution in [0.2, 0.25) is 0 Å². The van der Waals surface area contributed by atoms with Gasteiger partial charge in [0.25, 0.3) is 11.6 Å². The number of hydrogen-bond acceptors (Lipinski definition) is 7. The zero-order valence-electron chi connectivity index (χ0n) is 13.2. The zero-order valence-corrected chi connectivity index (χ0v) is 13.2. The lowest BCUT2D eigenvalue weighted by Crippen LogP contribution is -2.24. The van der Waals surface area contributed by atoms with E-state index in [9.17, 15) is 14.9 Å². The Kier molecular flexibility index (Phi) is 4.46. The highest BCUT2D eigenvalue weighted by molar-refractivity contribution is 5.98. The molecule has 0 saturated heterocycles. The van der Waals surface area contributed by atoms with Gasteiger partial charge in [0.2, 0.25) is 11.7 Å². The molecule has 1 aromatic carbocycles. The molecule has 0 saturated carbocycles. The van der Waals surface area contributed by atoms with Gasteiger partial charge in [-0.05, 0) is 30.7 Å². The summed E-state index contributed by atoms with van der Waals surface area (Å²) in [6.45, 7) is 1.70. The first kappa shape index (κ1) is 16.2. The number of nitrogens with one attached hydrogen (secondary N) is 1. The Bertz CT molecular complexity index is 923. The number of carbonyl (C=O) groups is 1. The minimum Gasteiger partial charge on any atom is -0.343 e. The van der Waals surface area contributed by atoms with E-state index < -0.39 is 10.8 Å². The number of pyridine rings is 1. The number of nitro groups is 1. The zero-order chi connectivity index (χ0) is 17.8. The van der Waals surface area contributed by atoms with Crippen molar-refractivity contribution in [2.75, 3.05) is 0 Å². The third-order valence-corrected chi connectivity index (χ3v) is 3.36. The minimum absolute atomic E-state index is 0.0190. The van der Waals surface area contributed by atoms with E-state index in [1.807, 2.05) is 0 Å². The number of benzene rings is 1. The summed E-state index contributed by atoms with van der Waals surface area (Å²) < 4.78 is 5.06. The molecule has 25 heavy (non-hydrogen) atoms. The van der Waals surface area contributed by atoms with Crippen molar-refractivity contribution >= 4 is 11.6 Å². The Balaban J connectivity index is 1.72. The van der Waals surface area contributed by atoms with Gasteiger partial charge in [-0.15, -0.1) is 0 Å². The van der Waals surface area contributed by atoms with Gasteiger partial charge in [0, 0.05) is 12.3 Å². The number of aryl methyl sites for hydroxylation is 1. The van der Waals surface area contributed by atoms with Gasteiger partial charge in [-0.1, -0.05) is 17.3 Å². The van der Waals surface area contributed by atoms with Gasteiger partial charge in [0.1, 0.15) is 11.3 Å². The van der Waals surface area contributed by atoms with E-state index in [2.05, 4.69) is 20.4 Å². The first-order valence-electron chi connectivity index (χ1n) is 7.32. The maximum atomic E-state index is 12.3. The van der Waals surface area contributed by atoms with Crippen LogP contribution in [0.15, 0.2) is 47.1 Å². The van der Waals surface area contributed by atoms with Crippen LogP contribution in [0.25, 0.3) is 11.5 Å². The van der Waals surface area contributed by atoms with E-state index >= 15 is 0 Å². The maximum absolute atomic E-state index is 12.3. The molecule has 126 valence electrons. The Morgan fingerprint density at radius 2 is 2.16 bits per heavy atom. The summed E-state index contributed by atoms with van der Waals surface area (Å²) in [7, 11) is 0. The highest BCUT2D eigenvalue weighted by Crippen LogP contribution is 2.20. The molecular formula is C16H13N5O4. The Labute approximate surface area is 141 Å². The number of hydrogen-bond donors (Lipinski definition) is 1. The Morgan fingerprint density at radius 3 is 2.88 bits per heavy atom. The van der Waals surface area contributed by atoms with Crippen molar-refractivity contribution in [2.24, 2.45) is 0 Å². The van der Waals surface area contributed by atoms with Crippen molar-refractivity contribution < 1.29 is 14.2 Å². The summed E-state index contributed by atoms with van der Waals surface area (Å²) in [6.07, 6.45) is 1.60. The second-order valence-corrected chi connectivity index (χ2v) is 5.19. The van der Waals surface area contributed by atoms with Crippen molar-refractivity contribution in [3.05, 3.63) is 69.7 Å². The van der Waals surface area contributed by atoms with Crippen LogP contribution >= 0.6 is 0 Å². The molecule has 0 bridgehead atoms. The molecule has 0 unspecified atom stereocenters. The van der Waals surface area contributed by atoms with Crippen molar-refractivity contribution in [1.29, 1.82) is 0 Å². The first-order valence-corrected chi connectivity index (χ1v) is 7.32. The minimum atomic E-state index is -0.597. The molecule has 0 atom stereocenters. The predicted octanol–water partition coefficient (Wildman–Crippen LogP) is 2.28. The largest absolute Gasteiger partial charge is 0.343 e. The topological polar surface area (TPSA) is 124 Å². The van der Waals surface area contributed by atoms with Gasteiger partial charge >= 0.3 is 0 Å². The van der Waals surface area contributed by atoms with Gasteiger partial charge in [0.15, 0.2) is 0 Å². The van der Waals surface area contributed by atoms with E-state index in [1.165, 1.54) is 12.1 Å². The lowest BCUT2D eigenvalue weighted by atomic mass is 10.1. The second kappa shape index (κ2) is 6.87. The van der Waals surface area contributed by atoms with E-state index in [-0.39, 0.29) is 23.7 Å². The third-order valence-electron chi connectivity index (χ3n) is 3.36. The van der Waals surface area contributed by atoms with Crippen LogP contribution in [0.3, 0.4) is 0 Å². The van der Waals surface area contributed by atoms with Crippen LogP contribution in [0, 0.1) is 17.0 Å². The second-order valence-electron chi connectivity index (χ2n) is 5.19. The summed E-state index contributed by atoms with van der Waals surface area (Å²) in [6, 6.07) is 9.61. The molecule has 3 aromatic rings. The molecule has 1 amide bonds. The number of nitro benzene ring substituents is 1. The molecule has 0 aliphatic carbocycles. The van der Waals surface area contributed by atoms with Gasteiger partial charge in [0.05, 0.1) is 11.5 Å². The molecule has 2 aromatic heterocycles. The standard InChI is InChI=1S/C16H13N5O4/c1-10-5-6-13(21(23)24)11(8-10)16(22)18-9-14-19-15(20-25-14)12-4-2-3-7-17-12/h2-8H,9H2,1H3,(H,18,22). The molecule has 0 aliphatic rings. The van der Waals surface area contributed by atoms with E-state index in [0.29, 0.717) is 11.5 Å². The quantitative estimate of drug-likeness (QED) is 0.558. The van der Waals surface area contributed by atoms with Crippen LogP contribution in [-0.4, -0.2) is 26.0 Å². The van der Waals surface area contributed by atoms with Crippen LogP contribution in [0.5, 0.6) is 0 Å². The number of carbonyl (C=O) groups excluding carboxylic acids is 1. The summed E-state index contributed by atoms with van der Waals surface area (Å²) >= 11 is 0. The Morgan fingerprint density at radius 1 is 1.32 bits per heavy atom. The van der Waals surface area contributed by atoms with E-state index in [4.69, 9.17) is 4.52 Å². The average molecular weight is 339 g/mol. The molecule has 0 aliphatic heterocycles. The molecule has 0 spiro atoms. The fourth-order valence-electron chi connectivity index (χ4n) is 2.17. The fraction of sp³-hybridized carbons (Fsp3) is 0.125. The average Bonchev–Trinajstić information content (AvgIpc) is 3.09. The van der Waals surface area contributed by atoms with Gasteiger partial charge in [-0.3, -0.25) is 19.9 Å².